The van der Waals surface area contributed by atoms with E-state index in [-0.39, 0.29) is 17.8 Å². The lowest BCUT2D eigenvalue weighted by Gasteiger charge is -2.41. The van der Waals surface area contributed by atoms with Crippen LogP contribution < -0.4 is 4.74 Å². The minimum atomic E-state index is -0.292. The standard InChI is InChI=1S/C23H27FN2O2S/c24-21-5-1-2-6-22(21)28-19-11-15-25(16-12-19)18-9-13-26(14-10-18)23(27)8-7-20-4-3-17-29-20/h1-8,17-19H,9-16H2/b8-7+. The van der Waals surface area contributed by atoms with Crippen LogP contribution in [0.2, 0.25) is 0 Å². The molecule has 0 saturated carbocycles. The van der Waals surface area contributed by atoms with Gasteiger partial charge in [-0.2, -0.15) is 0 Å². The second-order valence-electron chi connectivity index (χ2n) is 7.69. The van der Waals surface area contributed by atoms with E-state index in [1.54, 1.807) is 35.6 Å². The van der Waals surface area contributed by atoms with Crippen LogP contribution in [-0.2, 0) is 4.79 Å². The molecule has 0 spiro atoms. The van der Waals surface area contributed by atoms with E-state index in [1.165, 1.54) is 6.07 Å². The average molecular weight is 415 g/mol. The average Bonchev–Trinajstić information content (AvgIpc) is 3.28. The Labute approximate surface area is 175 Å². The Balaban J connectivity index is 1.21. The maximum absolute atomic E-state index is 13.8. The second kappa shape index (κ2) is 9.55. The number of benzene rings is 1. The van der Waals surface area contributed by atoms with E-state index in [0.29, 0.717) is 11.8 Å². The van der Waals surface area contributed by atoms with Crippen molar-refractivity contribution in [2.24, 2.45) is 0 Å². The first kappa shape index (κ1) is 20.1. The maximum Gasteiger partial charge on any atom is 0.246 e. The van der Waals surface area contributed by atoms with Gasteiger partial charge in [-0.15, -0.1) is 11.3 Å². The van der Waals surface area contributed by atoms with Gasteiger partial charge < -0.3 is 9.64 Å². The van der Waals surface area contributed by atoms with Gasteiger partial charge in [0, 0.05) is 43.2 Å². The van der Waals surface area contributed by atoms with Crippen LogP contribution in [0.1, 0.15) is 30.6 Å². The predicted molar refractivity (Wildman–Crippen MR) is 115 cm³/mol. The molecular formula is C23H27FN2O2S. The van der Waals surface area contributed by atoms with E-state index in [0.717, 1.165) is 56.7 Å². The van der Waals surface area contributed by atoms with Gasteiger partial charge in [-0.05, 0) is 55.3 Å². The minimum absolute atomic E-state index is 0.0761. The molecule has 2 aromatic rings. The van der Waals surface area contributed by atoms with Crippen molar-refractivity contribution < 1.29 is 13.9 Å². The van der Waals surface area contributed by atoms with Crippen molar-refractivity contribution in [3.8, 4) is 5.75 Å². The first-order valence-electron chi connectivity index (χ1n) is 10.3. The topological polar surface area (TPSA) is 32.8 Å². The lowest BCUT2D eigenvalue weighted by molar-refractivity contribution is -0.127. The fourth-order valence-electron chi connectivity index (χ4n) is 4.17. The Kier molecular flexibility index (Phi) is 6.62. The van der Waals surface area contributed by atoms with E-state index in [9.17, 15) is 9.18 Å². The van der Waals surface area contributed by atoms with Crippen LogP contribution in [-0.4, -0.2) is 54.0 Å². The number of amides is 1. The van der Waals surface area contributed by atoms with Gasteiger partial charge in [-0.25, -0.2) is 4.39 Å². The summed E-state index contributed by atoms with van der Waals surface area (Å²) in [5.74, 6) is 0.169. The SMILES string of the molecule is O=C(/C=C/c1cccs1)N1CCC(N2CCC(Oc3ccccc3F)CC2)CC1. The normalized spacial score (nSPS) is 19.7. The number of carbonyl (C=O) groups is 1. The van der Waals surface area contributed by atoms with Gasteiger partial charge in [0.1, 0.15) is 6.10 Å². The van der Waals surface area contributed by atoms with Crippen LogP contribution in [0.4, 0.5) is 4.39 Å². The molecule has 0 aliphatic carbocycles. The molecule has 2 fully saturated rings. The first-order chi connectivity index (χ1) is 14.2. The number of hydrogen-bond acceptors (Lipinski definition) is 4. The molecule has 1 amide bonds. The lowest BCUT2D eigenvalue weighted by Crippen LogP contribution is -2.49. The number of para-hydroxylation sites is 1. The molecule has 0 radical (unpaired) electrons. The molecule has 0 atom stereocenters. The van der Waals surface area contributed by atoms with E-state index in [2.05, 4.69) is 4.90 Å². The van der Waals surface area contributed by atoms with E-state index in [4.69, 9.17) is 4.74 Å². The van der Waals surface area contributed by atoms with Gasteiger partial charge in [0.15, 0.2) is 11.6 Å². The minimum Gasteiger partial charge on any atom is -0.487 e. The van der Waals surface area contributed by atoms with Gasteiger partial charge in [0.2, 0.25) is 5.91 Å². The van der Waals surface area contributed by atoms with E-state index >= 15 is 0 Å². The summed E-state index contributed by atoms with van der Waals surface area (Å²) >= 11 is 1.64. The van der Waals surface area contributed by atoms with Crippen LogP contribution in [0, 0.1) is 5.82 Å². The van der Waals surface area contributed by atoms with Crippen LogP contribution in [0.3, 0.4) is 0 Å². The van der Waals surface area contributed by atoms with Gasteiger partial charge in [-0.1, -0.05) is 18.2 Å². The van der Waals surface area contributed by atoms with Gasteiger partial charge in [0.25, 0.3) is 0 Å². The van der Waals surface area contributed by atoms with Gasteiger partial charge >= 0.3 is 0 Å². The number of carbonyl (C=O) groups excluding carboxylic acids is 1. The number of hydrogen-bond donors (Lipinski definition) is 0. The second-order valence-corrected chi connectivity index (χ2v) is 8.67. The Morgan fingerprint density at radius 1 is 1.03 bits per heavy atom. The van der Waals surface area contributed by atoms with Crippen LogP contribution >= 0.6 is 11.3 Å². The highest BCUT2D eigenvalue weighted by molar-refractivity contribution is 7.10. The Bertz CT molecular complexity index is 823. The molecule has 3 heterocycles. The van der Waals surface area contributed by atoms with Crippen molar-refractivity contribution in [1.29, 1.82) is 0 Å². The molecular weight excluding hydrogens is 387 g/mol. The zero-order valence-corrected chi connectivity index (χ0v) is 17.3. The molecule has 2 aliphatic heterocycles. The first-order valence-corrected chi connectivity index (χ1v) is 11.2. The molecule has 0 unspecified atom stereocenters. The molecule has 29 heavy (non-hydrogen) atoms. The van der Waals surface area contributed by atoms with Gasteiger partial charge in [0.05, 0.1) is 0 Å². The van der Waals surface area contributed by atoms with Crippen LogP contribution in [0.25, 0.3) is 6.08 Å². The summed E-state index contributed by atoms with van der Waals surface area (Å²) in [7, 11) is 0. The third-order valence-electron chi connectivity index (χ3n) is 5.83. The number of thiophene rings is 1. The number of ether oxygens (including phenoxy) is 1. The van der Waals surface area contributed by atoms with Crippen molar-refractivity contribution in [2.75, 3.05) is 26.2 Å². The zero-order valence-electron chi connectivity index (χ0n) is 16.5. The van der Waals surface area contributed by atoms with Crippen molar-refractivity contribution in [2.45, 2.75) is 37.8 Å². The highest BCUT2D eigenvalue weighted by Gasteiger charge is 2.30. The zero-order chi connectivity index (χ0) is 20.1. The molecule has 154 valence electrons. The molecule has 0 bridgehead atoms. The summed E-state index contributed by atoms with van der Waals surface area (Å²) in [5, 5.41) is 2.01. The molecule has 6 heteroatoms. The summed E-state index contributed by atoms with van der Waals surface area (Å²) < 4.78 is 19.6. The van der Waals surface area contributed by atoms with Crippen LogP contribution in [0.15, 0.2) is 47.9 Å². The van der Waals surface area contributed by atoms with Crippen molar-refractivity contribution in [3.05, 3.63) is 58.5 Å². The summed E-state index contributed by atoms with van der Waals surface area (Å²) in [6.45, 7) is 3.56. The number of likely N-dealkylation sites (tertiary alicyclic amines) is 2. The highest BCUT2D eigenvalue weighted by atomic mass is 32.1. The van der Waals surface area contributed by atoms with E-state index < -0.39 is 0 Å². The lowest BCUT2D eigenvalue weighted by atomic mass is 9.98. The highest BCUT2D eigenvalue weighted by Crippen LogP contribution is 2.25. The summed E-state index contributed by atoms with van der Waals surface area (Å²) in [6, 6.07) is 11.1. The Morgan fingerprint density at radius 3 is 2.48 bits per heavy atom. The fourth-order valence-corrected chi connectivity index (χ4v) is 4.79. The number of rotatable bonds is 5. The fraction of sp³-hybridized carbons (Fsp3) is 0.435. The largest absolute Gasteiger partial charge is 0.487 e. The Hall–Kier alpha value is -2.18. The number of halogens is 1. The molecule has 1 aromatic carbocycles. The third kappa shape index (κ3) is 5.25. The van der Waals surface area contributed by atoms with Crippen molar-refractivity contribution >= 4 is 23.3 Å². The molecule has 2 aliphatic rings. The number of nitrogens with zero attached hydrogens (tertiary/aromatic N) is 2. The predicted octanol–water partition coefficient (Wildman–Crippen LogP) is 4.43. The molecule has 4 nitrogen and oxygen atoms in total. The Morgan fingerprint density at radius 2 is 1.79 bits per heavy atom. The van der Waals surface area contributed by atoms with Crippen LogP contribution in [0.5, 0.6) is 5.75 Å². The summed E-state index contributed by atoms with van der Waals surface area (Å²) in [5.41, 5.74) is 0. The molecule has 1 aromatic heterocycles. The quantitative estimate of drug-likeness (QED) is 0.679. The maximum atomic E-state index is 13.8. The number of piperidine rings is 2. The smallest absolute Gasteiger partial charge is 0.246 e. The third-order valence-corrected chi connectivity index (χ3v) is 6.67. The van der Waals surface area contributed by atoms with Gasteiger partial charge in [-0.3, -0.25) is 9.69 Å². The molecule has 2 saturated heterocycles. The van der Waals surface area contributed by atoms with Crippen molar-refractivity contribution in [3.63, 3.8) is 0 Å². The molecule has 0 N–H and O–H groups in total. The monoisotopic (exact) mass is 414 g/mol. The molecule has 4 rings (SSSR count). The summed E-state index contributed by atoms with van der Waals surface area (Å²) in [6.07, 6.45) is 7.52. The van der Waals surface area contributed by atoms with Crippen molar-refractivity contribution in [1.82, 2.24) is 9.80 Å². The summed E-state index contributed by atoms with van der Waals surface area (Å²) in [4.78, 5) is 18.0. The van der Waals surface area contributed by atoms with E-state index in [1.807, 2.05) is 28.5 Å².